The summed E-state index contributed by atoms with van der Waals surface area (Å²) in [5.41, 5.74) is 2.54. The highest BCUT2D eigenvalue weighted by Gasteiger charge is 2.68. The van der Waals surface area contributed by atoms with Crippen LogP contribution >= 0.6 is 0 Å². The van der Waals surface area contributed by atoms with Crippen LogP contribution in [-0.2, 0) is 19.1 Å². The molecule has 6 rings (SSSR count). The zero-order chi connectivity index (χ0) is 22.9. The van der Waals surface area contributed by atoms with Gasteiger partial charge in [-0.15, -0.1) is 0 Å². The summed E-state index contributed by atoms with van der Waals surface area (Å²) in [4.78, 5) is 53.5. The molecule has 7 atom stereocenters. The Morgan fingerprint density at radius 1 is 1.00 bits per heavy atom. The van der Waals surface area contributed by atoms with Gasteiger partial charge in [-0.2, -0.15) is 0 Å². The number of Topliss-reactive ketones (excluding diaryl/α,β-unsaturated/α-hetero) is 1. The molecule has 4 aliphatic carbocycles. The van der Waals surface area contributed by atoms with E-state index in [2.05, 4.69) is 12.2 Å². The van der Waals surface area contributed by atoms with E-state index < -0.39 is 18.6 Å². The normalized spacial score (nSPS) is 32.7. The number of likely N-dealkylation sites (tertiary alicyclic amines) is 1. The number of ketones is 1. The van der Waals surface area contributed by atoms with Crippen LogP contribution in [0.3, 0.4) is 0 Å². The lowest BCUT2D eigenvalue weighted by molar-refractivity contribution is -0.160. The minimum atomic E-state index is -1.01. The third-order valence-electron chi connectivity index (χ3n) is 8.02. The van der Waals surface area contributed by atoms with Crippen LogP contribution in [0.4, 0.5) is 0 Å². The van der Waals surface area contributed by atoms with Crippen molar-refractivity contribution in [3.63, 3.8) is 0 Å². The Balaban J connectivity index is 1.32. The fourth-order valence-electron chi connectivity index (χ4n) is 6.15. The van der Waals surface area contributed by atoms with E-state index in [-0.39, 0.29) is 47.2 Å². The molecule has 6 nitrogen and oxygen atoms in total. The second-order valence-electron chi connectivity index (χ2n) is 10.2. The maximum atomic E-state index is 13.4. The minimum absolute atomic E-state index is 0.103. The SMILES string of the molecule is Cc1ccc(C(=O)COC(=O)[C@H](C(C)C)N2C(=O)[C@@H]3[C@H]4C=C[C@@H]([C@@H]5C[C@@H]45)[C@H]3C2=O)cc1C. The summed E-state index contributed by atoms with van der Waals surface area (Å²) in [6.07, 6.45) is 5.31. The molecule has 1 heterocycles. The van der Waals surface area contributed by atoms with Gasteiger partial charge in [0.15, 0.2) is 12.4 Å². The molecule has 32 heavy (non-hydrogen) atoms. The van der Waals surface area contributed by atoms with Crippen molar-refractivity contribution in [2.45, 2.75) is 40.2 Å². The summed E-state index contributed by atoms with van der Waals surface area (Å²) in [6.45, 7) is 7.06. The van der Waals surface area contributed by atoms with Crippen molar-refractivity contribution < 1.29 is 23.9 Å². The zero-order valence-electron chi connectivity index (χ0n) is 18.9. The van der Waals surface area contributed by atoms with Gasteiger partial charge in [0.25, 0.3) is 0 Å². The molecule has 5 aliphatic rings. The van der Waals surface area contributed by atoms with Crippen LogP contribution in [0.2, 0.25) is 0 Å². The topological polar surface area (TPSA) is 80.8 Å². The molecule has 6 heteroatoms. The van der Waals surface area contributed by atoms with Crippen molar-refractivity contribution in [3.8, 4) is 0 Å². The van der Waals surface area contributed by atoms with Crippen molar-refractivity contribution in [2.75, 3.05) is 6.61 Å². The first-order valence-corrected chi connectivity index (χ1v) is 11.5. The number of carbonyl (C=O) groups is 4. The molecule has 2 bridgehead atoms. The van der Waals surface area contributed by atoms with Crippen molar-refractivity contribution in [1.82, 2.24) is 4.90 Å². The van der Waals surface area contributed by atoms with E-state index in [4.69, 9.17) is 4.74 Å². The summed E-state index contributed by atoms with van der Waals surface area (Å²) in [7, 11) is 0. The fourth-order valence-corrected chi connectivity index (χ4v) is 6.15. The number of carbonyl (C=O) groups excluding carboxylic acids is 4. The van der Waals surface area contributed by atoms with Gasteiger partial charge in [-0.05, 0) is 67.1 Å². The van der Waals surface area contributed by atoms with Gasteiger partial charge in [-0.1, -0.05) is 38.1 Å². The second-order valence-corrected chi connectivity index (χ2v) is 10.2. The van der Waals surface area contributed by atoms with Crippen LogP contribution in [-0.4, -0.2) is 41.1 Å². The number of ether oxygens (including phenoxy) is 1. The second kappa shape index (κ2) is 7.39. The number of nitrogens with zero attached hydrogens (tertiary/aromatic N) is 1. The molecule has 1 aromatic rings. The van der Waals surface area contributed by atoms with Crippen molar-refractivity contribution >= 4 is 23.6 Å². The number of allylic oxidation sites excluding steroid dienone is 2. The molecule has 2 saturated carbocycles. The highest BCUT2D eigenvalue weighted by Crippen LogP contribution is 2.65. The van der Waals surface area contributed by atoms with Gasteiger partial charge in [-0.25, -0.2) is 4.79 Å². The average molecular weight is 436 g/mol. The standard InChI is InChI=1S/C26H29NO5/c1-12(2)23(26(31)32-11-20(28)15-6-5-13(3)14(4)9-15)27-24(29)21-16-7-8-17(19-10-18(16)19)22(21)25(27)30/h5-9,12,16-19,21-23H,10-11H2,1-4H3/t16-,17-,18-,19-,21+,22+,23-/m0/s1. The fraction of sp³-hybridized carbons (Fsp3) is 0.538. The van der Waals surface area contributed by atoms with Gasteiger partial charge in [-0.3, -0.25) is 19.3 Å². The first-order chi connectivity index (χ1) is 15.2. The number of amides is 2. The monoisotopic (exact) mass is 435 g/mol. The van der Waals surface area contributed by atoms with E-state index in [1.54, 1.807) is 26.0 Å². The lowest BCUT2D eigenvalue weighted by atomic mass is 9.63. The quantitative estimate of drug-likeness (QED) is 0.297. The molecule has 168 valence electrons. The Hall–Kier alpha value is -2.76. The molecule has 0 N–H and O–H groups in total. The number of esters is 1. The average Bonchev–Trinajstić information content (AvgIpc) is 3.54. The van der Waals surface area contributed by atoms with Gasteiger partial charge in [0.2, 0.25) is 11.8 Å². The van der Waals surface area contributed by atoms with E-state index in [1.165, 1.54) is 4.90 Å². The lowest BCUT2D eigenvalue weighted by Gasteiger charge is -2.37. The predicted octanol–water partition coefficient (Wildman–Crippen LogP) is 3.11. The van der Waals surface area contributed by atoms with Crippen LogP contribution in [0.5, 0.6) is 0 Å². The molecule has 1 aliphatic heterocycles. The lowest BCUT2D eigenvalue weighted by Crippen LogP contribution is -2.49. The molecule has 1 aromatic carbocycles. The van der Waals surface area contributed by atoms with Gasteiger partial charge in [0.05, 0.1) is 11.8 Å². The van der Waals surface area contributed by atoms with Crippen molar-refractivity contribution in [1.29, 1.82) is 0 Å². The summed E-state index contributed by atoms with van der Waals surface area (Å²) in [5.74, 6) is -1.31. The molecule has 0 spiro atoms. The maximum absolute atomic E-state index is 13.4. The van der Waals surface area contributed by atoms with Crippen molar-refractivity contribution in [2.24, 2.45) is 41.4 Å². The third kappa shape index (κ3) is 3.06. The molecule has 1 saturated heterocycles. The molecule has 2 amide bonds. The number of rotatable bonds is 6. The van der Waals surface area contributed by atoms with Gasteiger partial charge < -0.3 is 4.74 Å². The smallest absolute Gasteiger partial charge is 0.330 e. The number of benzene rings is 1. The molecule has 3 fully saturated rings. The molecular weight excluding hydrogens is 406 g/mol. The Morgan fingerprint density at radius 2 is 1.59 bits per heavy atom. The number of hydrogen-bond acceptors (Lipinski definition) is 5. The zero-order valence-corrected chi connectivity index (χ0v) is 18.9. The Labute approximate surface area is 188 Å². The first kappa shape index (κ1) is 21.1. The van der Waals surface area contributed by atoms with E-state index in [9.17, 15) is 19.2 Å². The van der Waals surface area contributed by atoms with Crippen LogP contribution in [0.15, 0.2) is 30.4 Å². The largest absolute Gasteiger partial charge is 0.456 e. The molecule has 0 aromatic heterocycles. The highest BCUT2D eigenvalue weighted by atomic mass is 16.5. The van der Waals surface area contributed by atoms with E-state index >= 15 is 0 Å². The van der Waals surface area contributed by atoms with Gasteiger partial charge in [0.1, 0.15) is 6.04 Å². The molecular formula is C26H29NO5. The molecule has 0 radical (unpaired) electrons. The summed E-state index contributed by atoms with van der Waals surface area (Å²) < 4.78 is 5.36. The Morgan fingerprint density at radius 3 is 2.12 bits per heavy atom. The Bertz CT molecular complexity index is 1020. The van der Waals surface area contributed by atoms with Crippen LogP contribution < -0.4 is 0 Å². The van der Waals surface area contributed by atoms with E-state index in [0.717, 1.165) is 17.5 Å². The van der Waals surface area contributed by atoms with Crippen molar-refractivity contribution in [3.05, 3.63) is 47.0 Å². The van der Waals surface area contributed by atoms with Crippen LogP contribution in [0, 0.1) is 55.3 Å². The number of imide groups is 1. The highest BCUT2D eigenvalue weighted by molar-refractivity contribution is 6.09. The van der Waals surface area contributed by atoms with Gasteiger partial charge in [0, 0.05) is 5.56 Å². The number of aryl methyl sites for hydroxylation is 2. The van der Waals surface area contributed by atoms with Gasteiger partial charge >= 0.3 is 5.97 Å². The van der Waals surface area contributed by atoms with Crippen LogP contribution in [0.25, 0.3) is 0 Å². The van der Waals surface area contributed by atoms with Crippen LogP contribution in [0.1, 0.15) is 41.8 Å². The number of hydrogen-bond donors (Lipinski definition) is 0. The predicted molar refractivity (Wildman–Crippen MR) is 116 cm³/mol. The molecule has 0 unspecified atom stereocenters. The third-order valence-corrected chi connectivity index (χ3v) is 8.02. The van der Waals surface area contributed by atoms with E-state index in [1.807, 2.05) is 19.9 Å². The summed E-state index contributed by atoms with van der Waals surface area (Å²) in [5, 5.41) is 0. The first-order valence-electron chi connectivity index (χ1n) is 11.5. The summed E-state index contributed by atoms with van der Waals surface area (Å²) >= 11 is 0. The summed E-state index contributed by atoms with van der Waals surface area (Å²) in [6, 6.07) is 4.34. The minimum Gasteiger partial charge on any atom is -0.456 e. The van der Waals surface area contributed by atoms with E-state index in [0.29, 0.717) is 17.4 Å². The maximum Gasteiger partial charge on any atom is 0.330 e. The Kier molecular flexibility index (Phi) is 4.88.